The van der Waals surface area contributed by atoms with E-state index < -0.39 is 0 Å². The van der Waals surface area contributed by atoms with Crippen LogP contribution in [0.1, 0.15) is 65.0 Å². The molecule has 0 amide bonds. The fraction of sp³-hybridized carbons (Fsp3) is 0.632. The summed E-state index contributed by atoms with van der Waals surface area (Å²) in [7, 11) is 0. The molecule has 0 radical (unpaired) electrons. The lowest BCUT2D eigenvalue weighted by molar-refractivity contribution is 0.225. The van der Waals surface area contributed by atoms with Gasteiger partial charge in [0.25, 0.3) is 0 Å². The fourth-order valence-corrected chi connectivity index (χ4v) is 3.45. The minimum atomic E-state index is 0.195. The van der Waals surface area contributed by atoms with E-state index in [1.807, 2.05) is 0 Å². The molecule has 1 fully saturated rings. The molecule has 1 nitrogen and oxygen atoms in total. The largest absolute Gasteiger partial charge is 0.373 e. The van der Waals surface area contributed by atoms with Gasteiger partial charge >= 0.3 is 0 Å². The van der Waals surface area contributed by atoms with Gasteiger partial charge in [-0.2, -0.15) is 0 Å². The Balaban J connectivity index is 2.03. The summed E-state index contributed by atoms with van der Waals surface area (Å²) in [6.07, 6.45) is 3.91. The van der Waals surface area contributed by atoms with Crippen LogP contribution in [0.25, 0.3) is 0 Å². The van der Waals surface area contributed by atoms with Crippen molar-refractivity contribution in [3.63, 3.8) is 0 Å². The zero-order valence-corrected chi connectivity index (χ0v) is 14.9. The summed E-state index contributed by atoms with van der Waals surface area (Å²) in [5.41, 5.74) is 2.69. The highest BCUT2D eigenvalue weighted by Gasteiger charge is 2.27. The van der Waals surface area contributed by atoms with Crippen molar-refractivity contribution in [3.8, 4) is 0 Å². The van der Waals surface area contributed by atoms with Crippen LogP contribution in [0.2, 0.25) is 0 Å². The average Bonchev–Trinajstić information content (AvgIpc) is 2.43. The third-order valence-electron chi connectivity index (χ3n) is 5.04. The first-order chi connectivity index (χ1) is 9.79. The first kappa shape index (κ1) is 16.5. The lowest BCUT2D eigenvalue weighted by Crippen LogP contribution is -2.43. The van der Waals surface area contributed by atoms with Gasteiger partial charge in [0.1, 0.15) is 4.99 Å². The van der Waals surface area contributed by atoms with Gasteiger partial charge in [-0.1, -0.05) is 83.9 Å². The maximum Gasteiger partial charge on any atom is 0.106 e. The van der Waals surface area contributed by atoms with Gasteiger partial charge in [0.2, 0.25) is 0 Å². The Hall–Kier alpha value is -0.890. The summed E-state index contributed by atoms with van der Waals surface area (Å²) in [6, 6.07) is 9.26. The highest BCUT2D eigenvalue weighted by Crippen LogP contribution is 2.30. The molecule has 116 valence electrons. The molecule has 3 atom stereocenters. The van der Waals surface area contributed by atoms with Crippen LogP contribution in [0.3, 0.4) is 0 Å². The minimum absolute atomic E-state index is 0.195. The third kappa shape index (κ3) is 4.06. The molecular weight excluding hydrogens is 274 g/mol. The maximum absolute atomic E-state index is 5.62. The summed E-state index contributed by atoms with van der Waals surface area (Å²) < 4.78 is 0. The summed E-state index contributed by atoms with van der Waals surface area (Å²) in [6.45, 7) is 11.4. The average molecular weight is 304 g/mol. The molecular formula is C19H29NS. The van der Waals surface area contributed by atoms with E-state index in [0.717, 1.165) is 16.5 Å². The van der Waals surface area contributed by atoms with Gasteiger partial charge in [0.05, 0.1) is 0 Å². The summed E-state index contributed by atoms with van der Waals surface area (Å²) in [5, 5.41) is 3.60. The van der Waals surface area contributed by atoms with Crippen molar-refractivity contribution in [1.29, 1.82) is 0 Å². The Labute approximate surface area is 135 Å². The van der Waals surface area contributed by atoms with E-state index in [1.165, 1.54) is 24.8 Å². The van der Waals surface area contributed by atoms with Crippen molar-refractivity contribution in [2.24, 2.45) is 11.8 Å². The Morgan fingerprint density at radius 3 is 2.29 bits per heavy atom. The predicted octanol–water partition coefficient (Wildman–Crippen LogP) is 5.07. The van der Waals surface area contributed by atoms with Crippen LogP contribution in [0, 0.1) is 11.8 Å². The monoisotopic (exact) mass is 303 g/mol. The fourth-order valence-electron chi connectivity index (χ4n) is 3.16. The van der Waals surface area contributed by atoms with Gasteiger partial charge < -0.3 is 5.32 Å². The van der Waals surface area contributed by atoms with Crippen LogP contribution in [-0.4, -0.2) is 11.0 Å². The quantitative estimate of drug-likeness (QED) is 0.765. The van der Waals surface area contributed by atoms with E-state index in [4.69, 9.17) is 12.2 Å². The summed E-state index contributed by atoms with van der Waals surface area (Å²) in [5.74, 6) is 1.49. The van der Waals surface area contributed by atoms with Gasteiger partial charge in [-0.3, -0.25) is 0 Å². The van der Waals surface area contributed by atoms with E-state index in [2.05, 4.69) is 64.2 Å². The molecule has 0 aliphatic heterocycles. The first-order valence-corrected chi connectivity index (χ1v) is 8.61. The molecule has 0 unspecified atom stereocenters. The summed E-state index contributed by atoms with van der Waals surface area (Å²) in [4.78, 5) is 0.904. The van der Waals surface area contributed by atoms with Crippen LogP contribution < -0.4 is 5.32 Å². The second-order valence-electron chi connectivity index (χ2n) is 7.67. The van der Waals surface area contributed by atoms with Gasteiger partial charge in [0, 0.05) is 11.6 Å². The Kier molecular flexibility index (Phi) is 5.08. The number of nitrogens with one attached hydrogen (secondary N) is 1. The molecule has 0 aromatic heterocycles. The standard InChI is InChI=1S/C19H29NS/c1-13-7-6-8-17(14(13)2)20-18(21)15-9-11-16(12-10-15)19(3,4)5/h9-14,17H,6-8H2,1-5H3,(H,20,21)/t13-,14+,17+/m1/s1. The van der Waals surface area contributed by atoms with Crippen molar-refractivity contribution in [2.75, 3.05) is 0 Å². The zero-order valence-electron chi connectivity index (χ0n) is 14.1. The highest BCUT2D eigenvalue weighted by atomic mass is 32.1. The van der Waals surface area contributed by atoms with Crippen molar-refractivity contribution >= 4 is 17.2 Å². The third-order valence-corrected chi connectivity index (χ3v) is 5.39. The van der Waals surface area contributed by atoms with Crippen LogP contribution in [-0.2, 0) is 5.41 Å². The molecule has 21 heavy (non-hydrogen) atoms. The molecule has 0 bridgehead atoms. The maximum atomic E-state index is 5.62. The van der Waals surface area contributed by atoms with Crippen molar-refractivity contribution in [2.45, 2.75) is 65.3 Å². The molecule has 1 aromatic rings. The van der Waals surface area contributed by atoms with Gasteiger partial charge in [0.15, 0.2) is 0 Å². The second kappa shape index (κ2) is 6.48. The Bertz CT molecular complexity index is 483. The van der Waals surface area contributed by atoms with Gasteiger partial charge in [-0.15, -0.1) is 0 Å². The van der Waals surface area contributed by atoms with Gasteiger partial charge in [-0.25, -0.2) is 0 Å². The molecule has 1 aliphatic carbocycles. The van der Waals surface area contributed by atoms with Crippen LogP contribution in [0.15, 0.2) is 24.3 Å². The first-order valence-electron chi connectivity index (χ1n) is 8.20. The van der Waals surface area contributed by atoms with Crippen molar-refractivity contribution in [3.05, 3.63) is 35.4 Å². The topological polar surface area (TPSA) is 12.0 Å². The Morgan fingerprint density at radius 2 is 1.71 bits per heavy atom. The van der Waals surface area contributed by atoms with E-state index in [9.17, 15) is 0 Å². The molecule has 0 heterocycles. The number of hydrogen-bond acceptors (Lipinski definition) is 1. The Morgan fingerprint density at radius 1 is 1.10 bits per heavy atom. The smallest absolute Gasteiger partial charge is 0.106 e. The van der Waals surface area contributed by atoms with Crippen LogP contribution >= 0.6 is 12.2 Å². The molecule has 1 aromatic carbocycles. The molecule has 1 saturated carbocycles. The zero-order chi connectivity index (χ0) is 15.6. The van der Waals surface area contributed by atoms with Gasteiger partial charge in [-0.05, 0) is 29.2 Å². The molecule has 0 spiro atoms. The molecule has 2 heteroatoms. The highest BCUT2D eigenvalue weighted by molar-refractivity contribution is 7.80. The second-order valence-corrected chi connectivity index (χ2v) is 8.08. The molecule has 0 saturated heterocycles. The van der Waals surface area contributed by atoms with E-state index in [1.54, 1.807) is 0 Å². The van der Waals surface area contributed by atoms with E-state index in [0.29, 0.717) is 12.0 Å². The van der Waals surface area contributed by atoms with Crippen molar-refractivity contribution < 1.29 is 0 Å². The number of hydrogen-bond donors (Lipinski definition) is 1. The molecule has 2 rings (SSSR count). The van der Waals surface area contributed by atoms with Crippen LogP contribution in [0.5, 0.6) is 0 Å². The lowest BCUT2D eigenvalue weighted by Gasteiger charge is -2.35. The predicted molar refractivity (Wildman–Crippen MR) is 95.9 cm³/mol. The number of rotatable bonds is 2. The lowest BCUT2D eigenvalue weighted by atomic mass is 9.78. The van der Waals surface area contributed by atoms with Crippen molar-refractivity contribution in [1.82, 2.24) is 5.32 Å². The normalized spacial score (nSPS) is 26.4. The number of thiocarbonyl (C=S) groups is 1. The van der Waals surface area contributed by atoms with E-state index >= 15 is 0 Å². The SMILES string of the molecule is C[C@H]1[C@H](C)CCC[C@@H]1NC(=S)c1ccc(C(C)(C)C)cc1. The molecule has 1 N–H and O–H groups in total. The number of benzene rings is 1. The molecule has 1 aliphatic rings. The summed E-state index contributed by atoms with van der Waals surface area (Å²) >= 11 is 5.62. The minimum Gasteiger partial charge on any atom is -0.373 e. The van der Waals surface area contributed by atoms with Crippen LogP contribution in [0.4, 0.5) is 0 Å². The van der Waals surface area contributed by atoms with E-state index in [-0.39, 0.29) is 5.41 Å².